The molecule has 3 atom stereocenters. The first-order chi connectivity index (χ1) is 7.83. The lowest BCUT2D eigenvalue weighted by molar-refractivity contribution is 0.435. The fourth-order valence-electron chi connectivity index (χ4n) is 3.00. The predicted molar refractivity (Wildman–Crippen MR) is 66.8 cm³/mol. The molecule has 86 valence electrons. The summed E-state index contributed by atoms with van der Waals surface area (Å²) in [5, 5.41) is 7.96. The molecule has 3 heteroatoms. The van der Waals surface area contributed by atoms with Gasteiger partial charge in [0, 0.05) is 11.1 Å². The van der Waals surface area contributed by atoms with Gasteiger partial charge in [0.15, 0.2) is 0 Å². The van der Waals surface area contributed by atoms with Crippen LogP contribution in [0.4, 0.5) is 0 Å². The summed E-state index contributed by atoms with van der Waals surface area (Å²) < 4.78 is 0. The van der Waals surface area contributed by atoms with Crippen molar-refractivity contribution in [3.63, 3.8) is 0 Å². The molecule has 2 N–H and O–H groups in total. The summed E-state index contributed by atoms with van der Waals surface area (Å²) in [5.74, 6) is 1.66. The minimum Gasteiger partial charge on any atom is -0.316 e. The number of benzene rings is 1. The maximum atomic E-state index is 5.89. The first-order valence-electron chi connectivity index (χ1n) is 6.01. The van der Waals surface area contributed by atoms with Crippen LogP contribution in [-0.2, 0) is 6.42 Å². The van der Waals surface area contributed by atoms with Crippen LogP contribution in [0.25, 0.3) is 0 Å². The van der Waals surface area contributed by atoms with Gasteiger partial charge in [-0.2, -0.15) is 0 Å². The highest BCUT2D eigenvalue weighted by molar-refractivity contribution is 6.30. The van der Waals surface area contributed by atoms with Crippen LogP contribution in [0.3, 0.4) is 0 Å². The van der Waals surface area contributed by atoms with Crippen molar-refractivity contribution < 1.29 is 0 Å². The van der Waals surface area contributed by atoms with E-state index in [-0.39, 0.29) is 0 Å². The maximum absolute atomic E-state index is 5.89. The molecule has 1 aromatic rings. The number of nitrogens with one attached hydrogen (secondary N) is 2. The van der Waals surface area contributed by atoms with Gasteiger partial charge < -0.3 is 10.6 Å². The van der Waals surface area contributed by atoms with Gasteiger partial charge in [-0.05, 0) is 55.6 Å². The molecule has 0 aromatic heterocycles. The first kappa shape index (κ1) is 10.6. The predicted octanol–water partition coefficient (Wildman–Crippen LogP) is 1.69. The van der Waals surface area contributed by atoms with Crippen LogP contribution >= 0.6 is 11.6 Å². The van der Waals surface area contributed by atoms with Crippen LogP contribution in [0.15, 0.2) is 24.3 Å². The van der Waals surface area contributed by atoms with Crippen LogP contribution in [0.1, 0.15) is 5.56 Å². The van der Waals surface area contributed by atoms with Crippen molar-refractivity contribution in [2.75, 3.05) is 19.6 Å². The number of halogens is 1. The van der Waals surface area contributed by atoms with Crippen LogP contribution in [-0.4, -0.2) is 25.7 Å². The Morgan fingerprint density at radius 3 is 2.75 bits per heavy atom. The van der Waals surface area contributed by atoms with Crippen LogP contribution in [0.2, 0.25) is 5.02 Å². The zero-order valence-electron chi connectivity index (χ0n) is 9.25. The molecule has 0 bridgehead atoms. The van der Waals surface area contributed by atoms with Crippen LogP contribution in [0.5, 0.6) is 0 Å². The molecule has 2 saturated heterocycles. The van der Waals surface area contributed by atoms with Crippen LogP contribution in [0, 0.1) is 11.8 Å². The van der Waals surface area contributed by atoms with Crippen molar-refractivity contribution in [2.24, 2.45) is 11.8 Å². The second-order valence-electron chi connectivity index (χ2n) is 4.93. The third-order valence-corrected chi connectivity index (χ3v) is 4.17. The Morgan fingerprint density at radius 1 is 1.12 bits per heavy atom. The molecule has 1 aromatic carbocycles. The molecule has 0 radical (unpaired) electrons. The number of fused-ring (bicyclic) bond motifs is 1. The van der Waals surface area contributed by atoms with E-state index in [1.54, 1.807) is 0 Å². The van der Waals surface area contributed by atoms with Gasteiger partial charge in [-0.15, -0.1) is 0 Å². The molecular formula is C13H17ClN2. The lowest BCUT2D eigenvalue weighted by atomic mass is 9.90. The molecule has 3 unspecified atom stereocenters. The number of rotatable bonds is 2. The Labute approximate surface area is 101 Å². The molecule has 0 spiro atoms. The van der Waals surface area contributed by atoms with Crippen molar-refractivity contribution in [3.05, 3.63) is 34.9 Å². The molecule has 2 fully saturated rings. The Kier molecular flexibility index (Phi) is 2.88. The first-order valence-corrected chi connectivity index (χ1v) is 6.39. The highest BCUT2D eigenvalue weighted by Gasteiger charge is 2.38. The molecule has 0 amide bonds. The highest BCUT2D eigenvalue weighted by Crippen LogP contribution is 2.27. The quantitative estimate of drug-likeness (QED) is 0.817. The normalized spacial score (nSPS) is 32.9. The zero-order valence-corrected chi connectivity index (χ0v) is 10.0. The van der Waals surface area contributed by atoms with Gasteiger partial charge in [0.25, 0.3) is 0 Å². The number of hydrogen-bond acceptors (Lipinski definition) is 2. The van der Waals surface area contributed by atoms with E-state index < -0.39 is 0 Å². The van der Waals surface area contributed by atoms with E-state index in [0.717, 1.165) is 23.3 Å². The maximum Gasteiger partial charge on any atom is 0.0406 e. The molecule has 2 aliphatic rings. The fourth-order valence-corrected chi connectivity index (χ4v) is 3.13. The summed E-state index contributed by atoms with van der Waals surface area (Å²) in [4.78, 5) is 0. The van der Waals surface area contributed by atoms with E-state index in [0.29, 0.717) is 6.04 Å². The summed E-state index contributed by atoms with van der Waals surface area (Å²) >= 11 is 5.89. The van der Waals surface area contributed by atoms with Gasteiger partial charge in [0.05, 0.1) is 0 Å². The van der Waals surface area contributed by atoms with Gasteiger partial charge in [-0.25, -0.2) is 0 Å². The summed E-state index contributed by atoms with van der Waals surface area (Å²) in [7, 11) is 0. The van der Waals surface area contributed by atoms with Crippen molar-refractivity contribution in [2.45, 2.75) is 12.5 Å². The van der Waals surface area contributed by atoms with Crippen molar-refractivity contribution >= 4 is 11.6 Å². The SMILES string of the molecule is Clc1ccc(CC2NCC3CNCC32)cc1. The highest BCUT2D eigenvalue weighted by atomic mass is 35.5. The molecular weight excluding hydrogens is 220 g/mol. The summed E-state index contributed by atoms with van der Waals surface area (Å²) in [6, 6.07) is 8.88. The topological polar surface area (TPSA) is 24.1 Å². The lowest BCUT2D eigenvalue weighted by Gasteiger charge is -2.17. The summed E-state index contributed by atoms with van der Waals surface area (Å²) in [6.07, 6.45) is 1.13. The molecule has 3 rings (SSSR count). The van der Waals surface area contributed by atoms with Crippen LogP contribution < -0.4 is 10.6 Å². The minimum absolute atomic E-state index is 0.640. The van der Waals surface area contributed by atoms with E-state index in [1.165, 1.54) is 25.2 Å². The molecule has 2 heterocycles. The Balaban J connectivity index is 1.68. The van der Waals surface area contributed by atoms with E-state index in [2.05, 4.69) is 22.8 Å². The molecule has 0 saturated carbocycles. The van der Waals surface area contributed by atoms with E-state index >= 15 is 0 Å². The Bertz CT molecular complexity index is 363. The van der Waals surface area contributed by atoms with Gasteiger partial charge >= 0.3 is 0 Å². The van der Waals surface area contributed by atoms with Crippen molar-refractivity contribution in [1.82, 2.24) is 10.6 Å². The Hall–Kier alpha value is -0.570. The average Bonchev–Trinajstić information content (AvgIpc) is 2.86. The van der Waals surface area contributed by atoms with E-state index in [4.69, 9.17) is 11.6 Å². The second-order valence-corrected chi connectivity index (χ2v) is 5.36. The Morgan fingerprint density at radius 2 is 1.94 bits per heavy atom. The van der Waals surface area contributed by atoms with E-state index in [1.807, 2.05) is 12.1 Å². The summed E-state index contributed by atoms with van der Waals surface area (Å²) in [6.45, 7) is 3.54. The van der Waals surface area contributed by atoms with Gasteiger partial charge in [0.2, 0.25) is 0 Å². The minimum atomic E-state index is 0.640. The van der Waals surface area contributed by atoms with Gasteiger partial charge in [-0.3, -0.25) is 0 Å². The monoisotopic (exact) mass is 236 g/mol. The standard InChI is InChI=1S/C13H17ClN2/c14-11-3-1-9(2-4-11)5-13-12-8-15-6-10(12)7-16-13/h1-4,10,12-13,15-16H,5-8H2. The fraction of sp³-hybridized carbons (Fsp3) is 0.538. The number of hydrogen-bond donors (Lipinski definition) is 2. The van der Waals surface area contributed by atoms with Gasteiger partial charge in [-0.1, -0.05) is 23.7 Å². The van der Waals surface area contributed by atoms with Crippen molar-refractivity contribution in [1.29, 1.82) is 0 Å². The third kappa shape index (κ3) is 1.97. The molecule has 2 aliphatic heterocycles. The smallest absolute Gasteiger partial charge is 0.0406 e. The summed E-state index contributed by atoms with van der Waals surface area (Å²) in [5.41, 5.74) is 1.38. The van der Waals surface area contributed by atoms with Crippen molar-refractivity contribution in [3.8, 4) is 0 Å². The molecule has 0 aliphatic carbocycles. The van der Waals surface area contributed by atoms with E-state index in [9.17, 15) is 0 Å². The molecule has 2 nitrogen and oxygen atoms in total. The second kappa shape index (κ2) is 4.36. The average molecular weight is 237 g/mol. The van der Waals surface area contributed by atoms with Gasteiger partial charge in [0.1, 0.15) is 0 Å². The third-order valence-electron chi connectivity index (χ3n) is 3.92. The largest absolute Gasteiger partial charge is 0.316 e. The lowest BCUT2D eigenvalue weighted by Crippen LogP contribution is -2.32. The zero-order chi connectivity index (χ0) is 11.0. The molecule has 16 heavy (non-hydrogen) atoms.